The average molecular weight is 1520 g/mol. The Morgan fingerprint density at radius 2 is 1.13 bits per heavy atom. The number of amidine groups is 3. The first-order valence-corrected chi connectivity index (χ1v) is 26.2. The maximum Gasteiger partial charge on any atom is 1.00 e. The van der Waals surface area contributed by atoms with Crippen molar-refractivity contribution < 1.29 is 158 Å². The zero-order chi connectivity index (χ0) is 56.5. The van der Waals surface area contributed by atoms with E-state index >= 15 is 0 Å². The van der Waals surface area contributed by atoms with Gasteiger partial charge < -0.3 is 47.3 Å². The van der Waals surface area contributed by atoms with Crippen LogP contribution in [0.1, 0.15) is 58.3 Å². The predicted octanol–water partition coefficient (Wildman–Crippen LogP) is 5.57. The zero-order valence-electron chi connectivity index (χ0n) is 42.1. The van der Waals surface area contributed by atoms with E-state index in [1.807, 2.05) is 24.3 Å². The molecule has 3 aromatic heterocycles. The molecule has 1 unspecified atom stereocenters. The first-order chi connectivity index (χ1) is 36.2. The number of aromatic nitrogens is 3. The van der Waals surface area contributed by atoms with Crippen LogP contribution in [0.4, 0.5) is 0 Å². The number of halogens is 10. The summed E-state index contributed by atoms with van der Waals surface area (Å²) in [6, 6.07) is 24.7. The predicted molar refractivity (Wildman–Crippen MR) is 310 cm³/mol. The van der Waals surface area contributed by atoms with Gasteiger partial charge in [-0.25, -0.2) is 20.4 Å². The Labute approximate surface area is 604 Å². The van der Waals surface area contributed by atoms with Gasteiger partial charge in [-0.1, -0.05) is 103 Å². The molecule has 0 radical (unpaired) electrons. The quantitative estimate of drug-likeness (QED) is 0.0119. The monoisotopic (exact) mass is 1510 g/mol. The van der Waals surface area contributed by atoms with Crippen molar-refractivity contribution in [3.63, 3.8) is 0 Å². The number of ether oxygens (including phenoxy) is 3. The maximum atomic E-state index is 12.0. The summed E-state index contributed by atoms with van der Waals surface area (Å²) in [7, 11) is 4.53. The van der Waals surface area contributed by atoms with Gasteiger partial charge in [-0.05, 0) is 144 Å². The van der Waals surface area contributed by atoms with Gasteiger partial charge in [0.05, 0.1) is 40.1 Å². The summed E-state index contributed by atoms with van der Waals surface area (Å²) in [6.07, 6.45) is 0. The van der Waals surface area contributed by atoms with Gasteiger partial charge in [0.1, 0.15) is 29.7 Å². The number of methoxy groups -OCH3 is 3. The molecule has 0 spiro atoms. The SMILES string of the molecule is C.COc1nc(/C(N)=N/O)ccc1Br.COc1nc(/C(N)=N/OCC(=O)c2cc(Cl)cc(Cl)c2)ccc1Br.COc1nc(C2=NC(c3cc(Cl)cc(Cl)c3)CON2)ccc1Br.O=C(CBr)c1cc(Cl)cc(Cl)c1.O=CO[O-].[H-].[K+].[K+]. The fourth-order valence-corrected chi connectivity index (χ4v) is 8.50. The van der Waals surface area contributed by atoms with Crippen molar-refractivity contribution in [3.05, 3.63) is 168 Å². The van der Waals surface area contributed by atoms with E-state index in [4.69, 9.17) is 120 Å². The number of Topliss-reactive ketones (excluding diaryl/α,β-unsaturated/α-hetero) is 2. The summed E-state index contributed by atoms with van der Waals surface area (Å²) < 4.78 is 17.4. The van der Waals surface area contributed by atoms with Gasteiger partial charge in [-0.3, -0.25) is 24.2 Å². The van der Waals surface area contributed by atoms with E-state index in [1.165, 1.54) is 32.4 Å². The number of benzene rings is 3. The first-order valence-electron chi connectivity index (χ1n) is 20.4. The number of hydroxylamine groups is 1. The average Bonchev–Trinajstić information content (AvgIpc) is 3.40. The number of nitrogens with two attached hydrogens (primary N) is 2. The molecular weight excluding hydrogens is 1480 g/mol. The van der Waals surface area contributed by atoms with E-state index in [9.17, 15) is 9.59 Å². The van der Waals surface area contributed by atoms with Crippen molar-refractivity contribution in [2.24, 2.45) is 26.8 Å². The number of hydrogen-bond acceptors (Lipinski definition) is 18. The number of rotatable bonds is 14. The molecule has 20 nitrogen and oxygen atoms in total. The number of oxime groups is 2. The smallest absolute Gasteiger partial charge is 1.00 e. The molecule has 79 heavy (non-hydrogen) atoms. The number of pyridine rings is 3. The molecule has 0 fully saturated rings. The summed E-state index contributed by atoms with van der Waals surface area (Å²) in [4.78, 5) is 62.0. The van der Waals surface area contributed by atoms with E-state index in [0.29, 0.717) is 97.4 Å². The van der Waals surface area contributed by atoms with E-state index in [-0.39, 0.29) is 159 Å². The zero-order valence-corrected chi connectivity index (χ0v) is 58.2. The number of nitrogens with one attached hydrogen (secondary N) is 1. The van der Waals surface area contributed by atoms with Crippen molar-refractivity contribution in [3.8, 4) is 17.6 Å². The standard InChI is InChI=1S/C15H12BrCl2N3O3.C15H12BrCl2N3O2.C8H5BrCl2O.C7H8BrN3O2.CH2O3.CH4.2K.H/c1-23-15-11(16)2-3-12(20-15)14(19)21-24-7-13(22)8-4-9(17)6-10(18)5-8;1-22-15-11(16)2-3-12(20-15)14-19-13(7-23-21-14)8-4-9(17)6-10(18)5-8;9-4-8(12)5-1-6(10)3-7(11)2-5;1-13-7-4(8)2-3-5(10-7)6(9)11-12;2-1-4-3;;;;/h2-6H,7H2,1H3,(H2,19,21);2-6,13H,7H2,1H3,(H,19,21);1-3H,4H2;2-3,12H,1H3,(H2,9,11);1,3H;1H4;;;/q;;;;;;2*+1;-1/p-1. The summed E-state index contributed by atoms with van der Waals surface area (Å²) in [6.45, 7) is -0.126. The van der Waals surface area contributed by atoms with Gasteiger partial charge in [0.25, 0.3) is 6.47 Å². The van der Waals surface area contributed by atoms with Gasteiger partial charge in [0.2, 0.25) is 23.4 Å². The van der Waals surface area contributed by atoms with Crippen molar-refractivity contribution >= 4 is 169 Å². The van der Waals surface area contributed by atoms with Gasteiger partial charge in [-0.15, -0.1) is 0 Å². The van der Waals surface area contributed by atoms with E-state index in [0.717, 1.165) is 10.0 Å². The van der Waals surface area contributed by atoms with Gasteiger partial charge in [-0.2, -0.15) is 0 Å². The molecule has 6 N–H and O–H groups in total. The molecule has 1 aliphatic rings. The van der Waals surface area contributed by atoms with Crippen LogP contribution in [0.3, 0.4) is 0 Å². The first kappa shape index (κ1) is 77.2. The Bertz CT molecular complexity index is 3020. The summed E-state index contributed by atoms with van der Waals surface area (Å²) in [5, 5.41) is 26.4. The van der Waals surface area contributed by atoms with Crippen molar-refractivity contribution in [2.75, 3.05) is 39.9 Å². The number of carbonyl (C=O) groups is 3. The van der Waals surface area contributed by atoms with Crippen LogP contribution in [0.25, 0.3) is 0 Å². The van der Waals surface area contributed by atoms with E-state index in [1.54, 1.807) is 55.6 Å². The second-order valence-electron chi connectivity index (χ2n) is 13.9. The summed E-state index contributed by atoms with van der Waals surface area (Å²) in [5.74, 6) is 1.34. The number of hydrogen-bond donors (Lipinski definition) is 4. The van der Waals surface area contributed by atoms with Gasteiger partial charge >= 0.3 is 103 Å². The molecule has 414 valence electrons. The number of alkyl halides is 1. The Morgan fingerprint density at radius 1 is 0.722 bits per heavy atom. The fourth-order valence-electron chi connectivity index (χ4n) is 5.43. The number of aliphatic imine (C=N–C) groups is 1. The van der Waals surface area contributed by atoms with E-state index in [2.05, 4.69) is 104 Å². The molecule has 0 saturated heterocycles. The number of nitrogens with zero attached hydrogens (tertiary/aromatic N) is 6. The van der Waals surface area contributed by atoms with Crippen LogP contribution in [0.15, 0.2) is 120 Å². The van der Waals surface area contributed by atoms with E-state index < -0.39 is 0 Å². The minimum atomic E-state index is -0.336. The molecule has 3 aromatic carbocycles. The topological polar surface area (TPSA) is 290 Å². The van der Waals surface area contributed by atoms with Crippen molar-refractivity contribution in [1.82, 2.24) is 20.4 Å². The number of ketones is 2. The van der Waals surface area contributed by atoms with Gasteiger partial charge in [0, 0.05) is 41.3 Å². The molecule has 6 aromatic rings. The van der Waals surface area contributed by atoms with Crippen LogP contribution in [0.5, 0.6) is 17.6 Å². The second kappa shape index (κ2) is 41.2. The Hall–Kier alpha value is -1.82. The molecule has 0 saturated carbocycles. The minimum absolute atomic E-state index is 0. The molecule has 1 atom stereocenters. The van der Waals surface area contributed by atoms with Crippen molar-refractivity contribution in [2.45, 2.75) is 13.5 Å². The second-order valence-corrected chi connectivity index (χ2v) is 19.6. The minimum Gasteiger partial charge on any atom is -1.00 e. The molecule has 7 rings (SSSR count). The van der Waals surface area contributed by atoms with Crippen LogP contribution >= 0.6 is 133 Å². The van der Waals surface area contributed by atoms with Gasteiger partial charge in [0.15, 0.2) is 29.9 Å². The van der Waals surface area contributed by atoms with Crippen LogP contribution in [-0.2, 0) is 19.4 Å². The van der Waals surface area contributed by atoms with Crippen LogP contribution in [0.2, 0.25) is 30.1 Å². The molecular formula is C47H43Br4Cl6K2N9O11. The third-order valence-corrected chi connectivity index (χ3v) is 12.4. The van der Waals surface area contributed by atoms with Crippen molar-refractivity contribution in [1.29, 1.82) is 0 Å². The largest absolute Gasteiger partial charge is 1.00 e. The van der Waals surface area contributed by atoms with Crippen LogP contribution < -0.4 is 139 Å². The molecule has 1 aliphatic heterocycles. The third-order valence-electron chi connectivity index (χ3n) is 8.75. The summed E-state index contributed by atoms with van der Waals surface area (Å²) in [5.41, 5.74) is 17.0. The molecule has 4 heterocycles. The summed E-state index contributed by atoms with van der Waals surface area (Å²) >= 11 is 48.2. The molecule has 32 heteroatoms. The van der Waals surface area contributed by atoms with Crippen LogP contribution in [-0.4, -0.2) is 95.6 Å². The fraction of sp³-hybridized carbons (Fsp3) is 0.170. The number of carbonyl (C=O) groups excluding carboxylic acids is 3. The van der Waals surface area contributed by atoms with Crippen LogP contribution in [0, 0.1) is 0 Å². The Kier molecular flexibility index (Phi) is 40.3. The molecule has 0 bridgehead atoms. The third kappa shape index (κ3) is 27.2. The molecule has 0 aliphatic carbocycles. The maximum absolute atomic E-state index is 12.0. The Balaban J connectivity index is 0. The normalized spacial score (nSPS) is 12.1. The molecule has 0 amide bonds. The Morgan fingerprint density at radius 3 is 1.54 bits per heavy atom.